The molecule has 0 fully saturated rings. The second-order valence-electron chi connectivity index (χ2n) is 8.67. The van der Waals surface area contributed by atoms with Crippen molar-refractivity contribution in [3.8, 4) is 17.2 Å². The Kier molecular flexibility index (Phi) is 8.79. The van der Waals surface area contributed by atoms with Crippen molar-refractivity contribution in [3.05, 3.63) is 76.3 Å². The monoisotopic (exact) mass is 542 g/mol. The van der Waals surface area contributed by atoms with E-state index in [2.05, 4.69) is 5.32 Å². The number of carbonyl (C=O) groups is 2. The molecule has 1 N–H and O–H groups in total. The Labute approximate surface area is 226 Å². The Morgan fingerprint density at radius 2 is 1.81 bits per heavy atom. The fourth-order valence-electron chi connectivity index (χ4n) is 3.84. The minimum absolute atomic E-state index is 0.141. The van der Waals surface area contributed by atoms with Gasteiger partial charge >= 0.3 is 0 Å². The normalized spacial score (nSPS) is 14.5. The van der Waals surface area contributed by atoms with Crippen molar-refractivity contribution in [1.29, 1.82) is 0 Å². The van der Waals surface area contributed by atoms with Crippen LogP contribution in [0.15, 0.2) is 60.7 Å². The Morgan fingerprint density at radius 1 is 1.03 bits per heavy atom. The highest BCUT2D eigenvalue weighted by Crippen LogP contribution is 2.36. The van der Waals surface area contributed by atoms with Gasteiger partial charge < -0.3 is 24.4 Å². The Morgan fingerprint density at radius 3 is 2.57 bits per heavy atom. The van der Waals surface area contributed by atoms with E-state index in [9.17, 15) is 9.59 Å². The molecule has 4 rings (SSSR count). The molecule has 0 radical (unpaired) electrons. The van der Waals surface area contributed by atoms with Gasteiger partial charge in [-0.1, -0.05) is 40.9 Å². The molecule has 3 aromatic carbocycles. The molecule has 1 heterocycles. The van der Waals surface area contributed by atoms with E-state index in [0.29, 0.717) is 59.1 Å². The number of amides is 2. The predicted octanol–water partition coefficient (Wildman–Crippen LogP) is 6.29. The number of benzene rings is 3. The van der Waals surface area contributed by atoms with E-state index in [-0.39, 0.29) is 18.2 Å². The van der Waals surface area contributed by atoms with E-state index in [1.807, 2.05) is 31.2 Å². The fraction of sp³-hybridized carbons (Fsp3) is 0.286. The smallest absolute Gasteiger partial charge is 0.267 e. The molecule has 0 spiro atoms. The number of aryl methyl sites for hydroxylation is 1. The molecule has 194 valence electrons. The maximum atomic E-state index is 12.8. The summed E-state index contributed by atoms with van der Waals surface area (Å²) in [4.78, 5) is 26.9. The summed E-state index contributed by atoms with van der Waals surface area (Å²) in [6.07, 6.45) is 0.127. The van der Waals surface area contributed by atoms with Gasteiger partial charge in [0.25, 0.3) is 5.91 Å². The average Bonchev–Trinajstić information content (AvgIpc) is 2.86. The van der Waals surface area contributed by atoms with Gasteiger partial charge in [-0.3, -0.25) is 9.59 Å². The number of rotatable bonds is 10. The van der Waals surface area contributed by atoms with E-state index < -0.39 is 6.10 Å². The molecular weight excluding hydrogens is 515 g/mol. The molecule has 37 heavy (non-hydrogen) atoms. The van der Waals surface area contributed by atoms with Gasteiger partial charge in [-0.2, -0.15) is 0 Å². The van der Waals surface area contributed by atoms with Crippen LogP contribution in [0, 0.1) is 6.92 Å². The number of hydrogen-bond acceptors (Lipinski definition) is 5. The van der Waals surface area contributed by atoms with Crippen LogP contribution in [0.3, 0.4) is 0 Å². The standard InChI is InChI=1S/C28H28Cl2N2O5/c1-18-5-9-22(10-6-18)35-15-13-32-24-11-8-21(17-26(24)37-19(2)28(32)34)31-27(33)4-3-14-36-25-12-7-20(29)16-23(25)30/h5-12,16-17,19H,3-4,13-15H2,1-2H3,(H,31,33). The molecule has 1 aliphatic rings. The first-order valence-corrected chi connectivity index (χ1v) is 12.7. The third-order valence-electron chi connectivity index (χ3n) is 5.76. The molecule has 0 saturated heterocycles. The first-order chi connectivity index (χ1) is 17.8. The summed E-state index contributed by atoms with van der Waals surface area (Å²) in [7, 11) is 0. The maximum absolute atomic E-state index is 12.8. The van der Waals surface area contributed by atoms with Crippen molar-refractivity contribution in [1.82, 2.24) is 0 Å². The average molecular weight is 543 g/mol. The van der Waals surface area contributed by atoms with Gasteiger partial charge in [0.15, 0.2) is 6.10 Å². The van der Waals surface area contributed by atoms with Crippen LogP contribution >= 0.6 is 23.2 Å². The van der Waals surface area contributed by atoms with Crippen molar-refractivity contribution in [2.45, 2.75) is 32.8 Å². The second kappa shape index (κ2) is 12.2. The number of nitrogens with one attached hydrogen (secondary N) is 1. The molecule has 3 aromatic rings. The minimum Gasteiger partial charge on any atom is -0.492 e. The number of nitrogens with zero attached hydrogens (tertiary/aromatic N) is 1. The molecule has 0 aliphatic carbocycles. The predicted molar refractivity (Wildman–Crippen MR) is 145 cm³/mol. The quantitative estimate of drug-likeness (QED) is 0.304. The first-order valence-electron chi connectivity index (χ1n) is 12.0. The molecule has 7 nitrogen and oxygen atoms in total. The van der Waals surface area contributed by atoms with Crippen LogP contribution in [0.1, 0.15) is 25.3 Å². The van der Waals surface area contributed by atoms with Crippen molar-refractivity contribution >= 4 is 46.4 Å². The zero-order valence-electron chi connectivity index (χ0n) is 20.6. The molecule has 0 saturated carbocycles. The van der Waals surface area contributed by atoms with Gasteiger partial charge in [0.2, 0.25) is 5.91 Å². The molecule has 0 bridgehead atoms. The van der Waals surface area contributed by atoms with Crippen molar-refractivity contribution in [2.24, 2.45) is 0 Å². The Bertz CT molecular complexity index is 1270. The van der Waals surface area contributed by atoms with E-state index >= 15 is 0 Å². The third-order valence-corrected chi connectivity index (χ3v) is 6.29. The van der Waals surface area contributed by atoms with Crippen LogP contribution in [0.2, 0.25) is 10.0 Å². The number of ether oxygens (including phenoxy) is 3. The molecule has 1 atom stereocenters. The summed E-state index contributed by atoms with van der Waals surface area (Å²) in [6.45, 7) is 4.76. The summed E-state index contributed by atoms with van der Waals surface area (Å²) in [5.41, 5.74) is 2.38. The third kappa shape index (κ3) is 7.08. The van der Waals surface area contributed by atoms with Crippen molar-refractivity contribution in [3.63, 3.8) is 0 Å². The largest absolute Gasteiger partial charge is 0.492 e. The summed E-state index contributed by atoms with van der Waals surface area (Å²) in [5.74, 6) is 1.50. The second-order valence-corrected chi connectivity index (χ2v) is 9.51. The number of anilines is 2. The van der Waals surface area contributed by atoms with Crippen LogP contribution in [-0.4, -0.2) is 37.7 Å². The van der Waals surface area contributed by atoms with Gasteiger partial charge in [0.05, 0.1) is 23.9 Å². The number of fused-ring (bicyclic) bond motifs is 1. The van der Waals surface area contributed by atoms with Crippen molar-refractivity contribution in [2.75, 3.05) is 30.0 Å². The summed E-state index contributed by atoms with van der Waals surface area (Å²) < 4.78 is 17.3. The van der Waals surface area contributed by atoms with E-state index in [1.54, 1.807) is 48.2 Å². The molecule has 9 heteroatoms. The Hall–Kier alpha value is -3.42. The van der Waals surface area contributed by atoms with Gasteiger partial charge in [-0.05, 0) is 62.7 Å². The lowest BCUT2D eigenvalue weighted by Crippen LogP contribution is -2.46. The highest BCUT2D eigenvalue weighted by Gasteiger charge is 2.31. The number of halogens is 2. The lowest BCUT2D eigenvalue weighted by atomic mass is 10.1. The minimum atomic E-state index is -0.644. The lowest BCUT2D eigenvalue weighted by Gasteiger charge is -2.33. The summed E-state index contributed by atoms with van der Waals surface area (Å²) in [5, 5.41) is 3.83. The fourth-order valence-corrected chi connectivity index (χ4v) is 4.30. The van der Waals surface area contributed by atoms with Gasteiger partial charge in [0.1, 0.15) is 23.9 Å². The van der Waals surface area contributed by atoms with Crippen LogP contribution in [0.4, 0.5) is 11.4 Å². The molecule has 1 unspecified atom stereocenters. The molecule has 0 aromatic heterocycles. The molecular formula is C28H28Cl2N2O5. The first kappa shape index (κ1) is 26.6. The van der Waals surface area contributed by atoms with Crippen LogP contribution in [0.25, 0.3) is 0 Å². The zero-order chi connectivity index (χ0) is 26.4. The highest BCUT2D eigenvalue weighted by molar-refractivity contribution is 6.35. The Balaban J connectivity index is 1.30. The SMILES string of the molecule is Cc1ccc(OCCN2C(=O)C(C)Oc3cc(NC(=O)CCCOc4ccc(Cl)cc4Cl)ccc32)cc1. The summed E-state index contributed by atoms with van der Waals surface area (Å²) in [6, 6.07) is 18.0. The number of carbonyl (C=O) groups excluding carboxylic acids is 2. The highest BCUT2D eigenvalue weighted by atomic mass is 35.5. The van der Waals surface area contributed by atoms with Crippen LogP contribution in [0.5, 0.6) is 17.2 Å². The number of hydrogen-bond donors (Lipinski definition) is 1. The molecule has 2 amide bonds. The van der Waals surface area contributed by atoms with Crippen LogP contribution in [-0.2, 0) is 9.59 Å². The molecule has 1 aliphatic heterocycles. The maximum Gasteiger partial charge on any atom is 0.267 e. The van der Waals surface area contributed by atoms with E-state index in [0.717, 1.165) is 11.3 Å². The topological polar surface area (TPSA) is 77.1 Å². The van der Waals surface area contributed by atoms with E-state index in [4.69, 9.17) is 37.4 Å². The van der Waals surface area contributed by atoms with Gasteiger partial charge in [-0.25, -0.2) is 0 Å². The van der Waals surface area contributed by atoms with Crippen molar-refractivity contribution < 1.29 is 23.8 Å². The zero-order valence-corrected chi connectivity index (χ0v) is 22.1. The summed E-state index contributed by atoms with van der Waals surface area (Å²) >= 11 is 12.0. The lowest BCUT2D eigenvalue weighted by molar-refractivity contribution is -0.125. The van der Waals surface area contributed by atoms with Crippen LogP contribution < -0.4 is 24.4 Å². The van der Waals surface area contributed by atoms with Gasteiger partial charge in [0, 0.05) is 23.2 Å². The van der Waals surface area contributed by atoms with Gasteiger partial charge in [-0.15, -0.1) is 0 Å². The van der Waals surface area contributed by atoms with E-state index in [1.165, 1.54) is 0 Å².